The zero-order valence-corrected chi connectivity index (χ0v) is 13.1. The molecule has 0 saturated carbocycles. The van der Waals surface area contributed by atoms with Crippen LogP contribution in [0.1, 0.15) is 17.3 Å². The molecule has 0 spiro atoms. The number of carbonyl (C=O) groups excluding carboxylic acids is 1. The Bertz CT molecular complexity index is 997. The minimum Gasteiger partial charge on any atom is -0.454 e. The second-order valence-electron chi connectivity index (χ2n) is 5.55. The Labute approximate surface area is 143 Å². The Morgan fingerprint density at radius 3 is 2.92 bits per heavy atom. The lowest BCUT2D eigenvalue weighted by Crippen LogP contribution is -2.09. The van der Waals surface area contributed by atoms with Crippen LogP contribution in [0, 0.1) is 11.3 Å². The molecule has 6 nitrogen and oxygen atoms in total. The fraction of sp³-hybridized carbons (Fsp3) is 0.105. The predicted molar refractivity (Wildman–Crippen MR) is 91.1 cm³/mol. The second kappa shape index (κ2) is 6.13. The molecule has 2 heterocycles. The normalized spacial score (nSPS) is 13.9. The molecule has 1 aliphatic rings. The van der Waals surface area contributed by atoms with Crippen molar-refractivity contribution in [1.29, 1.82) is 5.26 Å². The Kier molecular flexibility index (Phi) is 3.67. The van der Waals surface area contributed by atoms with E-state index in [9.17, 15) is 10.1 Å². The molecule has 25 heavy (non-hydrogen) atoms. The first-order valence-electron chi connectivity index (χ1n) is 7.70. The lowest BCUT2D eigenvalue weighted by molar-refractivity contribution is -0.114. The smallest absolute Gasteiger partial charge is 0.231 e. The van der Waals surface area contributed by atoms with Gasteiger partial charge >= 0.3 is 0 Å². The van der Waals surface area contributed by atoms with Crippen molar-refractivity contribution in [3.05, 3.63) is 59.9 Å². The number of nitriles is 1. The number of allylic oxidation sites excluding steroid dienone is 1. The molecule has 0 bridgehead atoms. The van der Waals surface area contributed by atoms with Crippen LogP contribution >= 0.6 is 0 Å². The SMILES string of the molecule is N#CC(C(=O)/C=C/c1ccc2c(c1)OCO2)c1nc2ccccc2[nH]1. The number of nitrogens with one attached hydrogen (secondary N) is 1. The van der Waals surface area contributed by atoms with Crippen LogP contribution in [0.2, 0.25) is 0 Å². The Balaban J connectivity index is 1.57. The molecular formula is C19H13N3O3. The molecule has 1 aliphatic heterocycles. The number of fused-ring (bicyclic) bond motifs is 2. The maximum Gasteiger partial charge on any atom is 0.231 e. The number of carbonyl (C=O) groups is 1. The van der Waals surface area contributed by atoms with Gasteiger partial charge in [-0.15, -0.1) is 0 Å². The quantitative estimate of drug-likeness (QED) is 0.742. The van der Waals surface area contributed by atoms with E-state index in [1.807, 2.05) is 36.4 Å². The number of ketones is 1. The molecule has 0 fully saturated rings. The molecule has 6 heteroatoms. The van der Waals surface area contributed by atoms with E-state index < -0.39 is 5.92 Å². The van der Waals surface area contributed by atoms with Crippen LogP contribution in [0.5, 0.6) is 11.5 Å². The van der Waals surface area contributed by atoms with E-state index in [1.165, 1.54) is 6.08 Å². The van der Waals surface area contributed by atoms with Gasteiger partial charge in [0.05, 0.1) is 17.1 Å². The van der Waals surface area contributed by atoms with Crippen LogP contribution in [0.15, 0.2) is 48.5 Å². The largest absolute Gasteiger partial charge is 0.454 e. The summed E-state index contributed by atoms with van der Waals surface area (Å²) in [6.45, 7) is 0.198. The second-order valence-corrected chi connectivity index (χ2v) is 5.55. The summed E-state index contributed by atoms with van der Waals surface area (Å²) in [4.78, 5) is 19.8. The van der Waals surface area contributed by atoms with Gasteiger partial charge in [-0.3, -0.25) is 4.79 Å². The summed E-state index contributed by atoms with van der Waals surface area (Å²) in [5.41, 5.74) is 2.31. The van der Waals surface area contributed by atoms with E-state index >= 15 is 0 Å². The summed E-state index contributed by atoms with van der Waals surface area (Å²) < 4.78 is 10.6. The minimum atomic E-state index is -0.974. The molecular weight excluding hydrogens is 318 g/mol. The van der Waals surface area contributed by atoms with Crippen molar-refractivity contribution in [2.45, 2.75) is 5.92 Å². The zero-order valence-electron chi connectivity index (χ0n) is 13.1. The summed E-state index contributed by atoms with van der Waals surface area (Å²) in [5.74, 6) is 0.366. The predicted octanol–water partition coefficient (Wildman–Crippen LogP) is 3.18. The number of hydrogen-bond acceptors (Lipinski definition) is 5. The first kappa shape index (κ1) is 15.0. The number of para-hydroxylation sites is 2. The first-order chi connectivity index (χ1) is 12.2. The van der Waals surface area contributed by atoms with Gasteiger partial charge in [0.1, 0.15) is 5.82 Å². The number of rotatable bonds is 4. The number of benzene rings is 2. The minimum absolute atomic E-state index is 0.198. The van der Waals surface area contributed by atoms with Gasteiger partial charge in [-0.05, 0) is 35.9 Å². The molecule has 0 saturated heterocycles. The molecule has 2 aromatic carbocycles. The van der Waals surface area contributed by atoms with Crippen LogP contribution in [0.4, 0.5) is 0 Å². The number of ether oxygens (including phenoxy) is 2. The van der Waals surface area contributed by atoms with Crippen LogP contribution in [-0.2, 0) is 4.79 Å². The number of nitrogens with zero attached hydrogens (tertiary/aromatic N) is 2. The lowest BCUT2D eigenvalue weighted by atomic mass is 10.0. The third-order valence-electron chi connectivity index (χ3n) is 3.93. The summed E-state index contributed by atoms with van der Waals surface area (Å²) >= 11 is 0. The Hall–Kier alpha value is -3.59. The molecule has 3 aromatic rings. The van der Waals surface area contributed by atoms with Crippen LogP contribution < -0.4 is 9.47 Å². The highest BCUT2D eigenvalue weighted by molar-refractivity contribution is 6.00. The molecule has 122 valence electrons. The number of H-pyrrole nitrogens is 1. The monoisotopic (exact) mass is 331 g/mol. The standard InChI is InChI=1S/C19H13N3O3/c20-10-13(19-21-14-3-1-2-4-15(14)22-19)16(23)7-5-12-6-8-17-18(9-12)25-11-24-17/h1-9,13H,11H2,(H,21,22)/b7-5+. The van der Waals surface area contributed by atoms with Gasteiger partial charge in [0, 0.05) is 0 Å². The maximum absolute atomic E-state index is 12.4. The topological polar surface area (TPSA) is 88.0 Å². The van der Waals surface area contributed by atoms with Gasteiger partial charge in [0.25, 0.3) is 0 Å². The van der Waals surface area contributed by atoms with Crippen LogP contribution in [0.3, 0.4) is 0 Å². The summed E-state index contributed by atoms with van der Waals surface area (Å²) in [6.07, 6.45) is 3.04. The molecule has 1 N–H and O–H groups in total. The Morgan fingerprint density at radius 1 is 1.24 bits per heavy atom. The highest BCUT2D eigenvalue weighted by atomic mass is 16.7. The van der Waals surface area contributed by atoms with Crippen molar-refractivity contribution in [3.63, 3.8) is 0 Å². The van der Waals surface area contributed by atoms with Crippen molar-refractivity contribution in [2.24, 2.45) is 0 Å². The molecule has 1 atom stereocenters. The fourth-order valence-corrected chi connectivity index (χ4v) is 2.66. The molecule has 0 amide bonds. The highest BCUT2D eigenvalue weighted by Gasteiger charge is 2.21. The molecule has 0 aliphatic carbocycles. The molecule has 1 unspecified atom stereocenters. The summed E-state index contributed by atoms with van der Waals surface area (Å²) in [7, 11) is 0. The van der Waals surface area contributed by atoms with E-state index in [4.69, 9.17) is 9.47 Å². The third-order valence-corrected chi connectivity index (χ3v) is 3.93. The number of aromatic nitrogens is 2. The number of imidazole rings is 1. The summed E-state index contributed by atoms with van der Waals surface area (Å²) in [6, 6.07) is 14.8. The van der Waals surface area contributed by atoms with Crippen molar-refractivity contribution in [3.8, 4) is 17.6 Å². The fourth-order valence-electron chi connectivity index (χ4n) is 2.66. The van der Waals surface area contributed by atoms with Crippen molar-refractivity contribution in [1.82, 2.24) is 9.97 Å². The van der Waals surface area contributed by atoms with Crippen LogP contribution in [-0.4, -0.2) is 22.5 Å². The maximum atomic E-state index is 12.4. The lowest BCUT2D eigenvalue weighted by Gasteiger charge is -2.01. The average molecular weight is 331 g/mol. The van der Waals surface area contributed by atoms with Gasteiger partial charge < -0.3 is 14.5 Å². The van der Waals surface area contributed by atoms with Gasteiger partial charge in [-0.25, -0.2) is 4.98 Å². The highest BCUT2D eigenvalue weighted by Crippen LogP contribution is 2.32. The zero-order chi connectivity index (χ0) is 17.2. The summed E-state index contributed by atoms with van der Waals surface area (Å²) in [5, 5.41) is 9.40. The van der Waals surface area contributed by atoms with Gasteiger partial charge in [-0.2, -0.15) is 5.26 Å². The van der Waals surface area contributed by atoms with E-state index in [1.54, 1.807) is 18.2 Å². The van der Waals surface area contributed by atoms with Gasteiger partial charge in [0.15, 0.2) is 23.2 Å². The molecule has 0 radical (unpaired) electrons. The molecule has 1 aromatic heterocycles. The molecule has 4 rings (SSSR count). The van der Waals surface area contributed by atoms with E-state index in [-0.39, 0.29) is 12.6 Å². The van der Waals surface area contributed by atoms with E-state index in [2.05, 4.69) is 9.97 Å². The van der Waals surface area contributed by atoms with Crippen LogP contribution in [0.25, 0.3) is 17.1 Å². The number of hydrogen-bond donors (Lipinski definition) is 1. The Morgan fingerprint density at radius 2 is 2.08 bits per heavy atom. The van der Waals surface area contributed by atoms with Gasteiger partial charge in [0.2, 0.25) is 6.79 Å². The van der Waals surface area contributed by atoms with Gasteiger partial charge in [-0.1, -0.05) is 24.3 Å². The van der Waals surface area contributed by atoms with Crippen molar-refractivity contribution >= 4 is 22.9 Å². The first-order valence-corrected chi connectivity index (χ1v) is 7.70. The van der Waals surface area contributed by atoms with Crippen molar-refractivity contribution in [2.75, 3.05) is 6.79 Å². The third kappa shape index (κ3) is 2.83. The van der Waals surface area contributed by atoms with E-state index in [0.717, 1.165) is 16.6 Å². The van der Waals surface area contributed by atoms with E-state index in [0.29, 0.717) is 17.3 Å². The average Bonchev–Trinajstić information content (AvgIpc) is 3.26. The van der Waals surface area contributed by atoms with Crippen molar-refractivity contribution < 1.29 is 14.3 Å². The number of aromatic amines is 1.